The van der Waals surface area contributed by atoms with Crippen molar-refractivity contribution in [3.8, 4) is 0 Å². The quantitative estimate of drug-likeness (QED) is 0.576. The van der Waals surface area contributed by atoms with Gasteiger partial charge in [-0.2, -0.15) is 0 Å². The lowest BCUT2D eigenvalue weighted by Crippen LogP contribution is -2.20. The highest BCUT2D eigenvalue weighted by molar-refractivity contribution is 7.17. The van der Waals surface area contributed by atoms with E-state index >= 15 is 0 Å². The summed E-state index contributed by atoms with van der Waals surface area (Å²) in [5.74, 6) is -0.638. The molecule has 0 bridgehead atoms. The van der Waals surface area contributed by atoms with Gasteiger partial charge in [0, 0.05) is 19.5 Å². The van der Waals surface area contributed by atoms with Gasteiger partial charge in [-0.1, -0.05) is 6.07 Å². The average molecular weight is 255 g/mol. The van der Waals surface area contributed by atoms with Gasteiger partial charge >= 0.3 is 5.97 Å². The lowest BCUT2D eigenvalue weighted by atomic mass is 9.98. The first-order valence-corrected chi connectivity index (χ1v) is 6.20. The first-order valence-electron chi connectivity index (χ1n) is 5.54. The third kappa shape index (κ3) is 4.41. The second-order valence-corrected chi connectivity index (χ2v) is 4.34. The number of carbonyl (C=O) groups excluding carboxylic acids is 1. The van der Waals surface area contributed by atoms with Crippen molar-refractivity contribution in [3.05, 3.63) is 30.1 Å². The van der Waals surface area contributed by atoms with E-state index in [4.69, 9.17) is 9.47 Å². The predicted molar refractivity (Wildman–Crippen MR) is 68.7 cm³/mol. The molecule has 1 aromatic rings. The van der Waals surface area contributed by atoms with Crippen LogP contribution in [0.4, 0.5) is 0 Å². The van der Waals surface area contributed by atoms with Crippen LogP contribution in [0, 0.1) is 0 Å². The van der Waals surface area contributed by atoms with Crippen LogP contribution in [0.15, 0.2) is 24.5 Å². The molecule has 94 valence electrons. The van der Waals surface area contributed by atoms with Crippen LogP contribution in [0.3, 0.4) is 0 Å². The summed E-state index contributed by atoms with van der Waals surface area (Å²) in [6.07, 6.45) is 3.93. The molecule has 0 N–H and O–H groups in total. The molecule has 4 nitrogen and oxygen atoms in total. The van der Waals surface area contributed by atoms with E-state index in [2.05, 4.69) is 14.2 Å². The molecule has 1 rings (SSSR count). The molecule has 0 fully saturated rings. The predicted octanol–water partition coefficient (Wildman–Crippen LogP) is 1.97. The highest BCUT2D eigenvalue weighted by Crippen LogP contribution is 2.25. The summed E-state index contributed by atoms with van der Waals surface area (Å²) in [4.78, 5) is 15.9. The molecular weight excluding hydrogens is 237 g/mol. The molecule has 0 amide bonds. The minimum absolute atomic E-state index is 0.0791. The number of hydrogen-bond donors (Lipinski definition) is 0. The van der Waals surface area contributed by atoms with Crippen LogP contribution in [0.1, 0.15) is 24.8 Å². The van der Waals surface area contributed by atoms with Gasteiger partial charge < -0.3 is 9.47 Å². The van der Waals surface area contributed by atoms with Crippen molar-refractivity contribution < 1.29 is 14.3 Å². The zero-order chi connectivity index (χ0) is 12.7. The van der Waals surface area contributed by atoms with Crippen LogP contribution in [-0.4, -0.2) is 30.5 Å². The number of hydrogen-bond acceptors (Lipinski definition) is 4. The van der Waals surface area contributed by atoms with Gasteiger partial charge in [-0.05, 0) is 25.0 Å². The van der Waals surface area contributed by atoms with Gasteiger partial charge in [0.15, 0.2) is 0 Å². The van der Waals surface area contributed by atoms with Gasteiger partial charge in [-0.3, -0.25) is 9.78 Å². The molecule has 0 saturated heterocycles. The van der Waals surface area contributed by atoms with Crippen molar-refractivity contribution in [1.82, 2.24) is 4.98 Å². The Labute approximate surface area is 104 Å². The van der Waals surface area contributed by atoms with E-state index in [0.717, 1.165) is 5.56 Å². The molecule has 1 heterocycles. The lowest BCUT2D eigenvalue weighted by molar-refractivity contribution is -0.145. The third-order valence-corrected chi connectivity index (χ3v) is 2.97. The van der Waals surface area contributed by atoms with Crippen molar-refractivity contribution in [3.63, 3.8) is 0 Å². The fraction of sp³-hybridized carbons (Fsp3) is 0.500. The summed E-state index contributed by atoms with van der Waals surface area (Å²) in [5.41, 5.74) is 0.857. The highest BCUT2D eigenvalue weighted by Gasteiger charge is 2.24. The Balaban J connectivity index is 2.82. The Bertz CT molecular complexity index is 345. The number of ether oxygens (including phenoxy) is 2. The van der Waals surface area contributed by atoms with E-state index in [-0.39, 0.29) is 17.7 Å². The van der Waals surface area contributed by atoms with E-state index in [1.54, 1.807) is 26.4 Å². The number of carbonyl (C=O) groups is 1. The first-order chi connectivity index (χ1) is 8.19. The van der Waals surface area contributed by atoms with Crippen LogP contribution >= 0.6 is 9.24 Å². The van der Waals surface area contributed by atoms with Gasteiger partial charge in [0.2, 0.25) is 0 Å². The van der Waals surface area contributed by atoms with E-state index < -0.39 is 0 Å². The molecule has 5 heteroatoms. The number of aromatic nitrogens is 1. The number of esters is 1. The summed E-state index contributed by atoms with van der Waals surface area (Å²) >= 11 is 0. The molecule has 3 unspecified atom stereocenters. The molecule has 0 spiro atoms. The lowest BCUT2D eigenvalue weighted by Gasteiger charge is -2.18. The van der Waals surface area contributed by atoms with Crippen LogP contribution in [0.2, 0.25) is 0 Å². The molecule has 0 aromatic carbocycles. The Hall–Kier alpha value is -0.990. The topological polar surface area (TPSA) is 48.4 Å². The maximum Gasteiger partial charge on any atom is 0.313 e. The monoisotopic (exact) mass is 255 g/mol. The van der Waals surface area contributed by atoms with Gasteiger partial charge in [0.25, 0.3) is 0 Å². The largest absolute Gasteiger partial charge is 0.466 e. The van der Waals surface area contributed by atoms with Gasteiger partial charge in [0.05, 0.1) is 18.4 Å². The number of pyridine rings is 1. The normalized spacial score (nSPS) is 14.1. The van der Waals surface area contributed by atoms with E-state index in [1.807, 2.05) is 12.1 Å². The van der Waals surface area contributed by atoms with E-state index in [9.17, 15) is 4.79 Å². The van der Waals surface area contributed by atoms with Crippen molar-refractivity contribution in [2.45, 2.75) is 25.1 Å². The molecule has 1 aromatic heterocycles. The summed E-state index contributed by atoms with van der Waals surface area (Å²) < 4.78 is 10.2. The van der Waals surface area contributed by atoms with Crippen LogP contribution in [0.25, 0.3) is 0 Å². The first kappa shape index (κ1) is 14.1. The molecule has 0 radical (unpaired) electrons. The molecule has 0 saturated carbocycles. The van der Waals surface area contributed by atoms with Crippen LogP contribution in [-0.2, 0) is 14.3 Å². The minimum Gasteiger partial charge on any atom is -0.466 e. The average Bonchev–Trinajstić information content (AvgIpc) is 2.36. The van der Waals surface area contributed by atoms with Gasteiger partial charge in [0.1, 0.15) is 0 Å². The fourth-order valence-corrected chi connectivity index (χ4v) is 1.79. The maximum absolute atomic E-state index is 11.9. The maximum atomic E-state index is 11.9. The summed E-state index contributed by atoms with van der Waals surface area (Å²) in [7, 11) is 4.17. The number of nitrogens with zero attached hydrogens (tertiary/aromatic N) is 1. The molecule has 17 heavy (non-hydrogen) atoms. The molecular formula is C12H18NO3P. The second kappa shape index (κ2) is 7.36. The fourth-order valence-electron chi connectivity index (χ4n) is 1.52. The highest BCUT2D eigenvalue weighted by atomic mass is 31.0. The number of rotatable bonds is 6. The SMILES string of the molecule is CCOC(=O)C(CC(P)OC)c1cccnc1. The smallest absolute Gasteiger partial charge is 0.313 e. The Morgan fingerprint density at radius 3 is 2.88 bits per heavy atom. The van der Waals surface area contributed by atoms with Crippen LogP contribution < -0.4 is 0 Å². The molecule has 0 aliphatic carbocycles. The standard InChI is InChI=1S/C12H18NO3P/c1-3-16-12(14)10(7-11(17)15-2)9-5-4-6-13-8-9/h4-6,8,10-11H,3,7,17H2,1-2H3. The van der Waals surface area contributed by atoms with Crippen molar-refractivity contribution in [1.29, 1.82) is 0 Å². The Kier molecular flexibility index (Phi) is 6.09. The van der Waals surface area contributed by atoms with E-state index in [1.165, 1.54) is 0 Å². The minimum atomic E-state index is -0.328. The summed E-state index contributed by atoms with van der Waals surface area (Å²) in [5, 5.41) is 0. The molecule has 3 atom stereocenters. The number of methoxy groups -OCH3 is 1. The van der Waals surface area contributed by atoms with Crippen molar-refractivity contribution in [2.24, 2.45) is 0 Å². The second-order valence-electron chi connectivity index (χ2n) is 3.60. The molecule has 0 aliphatic rings. The summed E-state index contributed by atoms with van der Waals surface area (Å²) in [6, 6.07) is 3.69. The van der Waals surface area contributed by atoms with Gasteiger partial charge in [-0.25, -0.2) is 0 Å². The Morgan fingerprint density at radius 2 is 2.35 bits per heavy atom. The van der Waals surface area contributed by atoms with Crippen molar-refractivity contribution in [2.75, 3.05) is 13.7 Å². The van der Waals surface area contributed by atoms with Crippen molar-refractivity contribution >= 4 is 15.2 Å². The summed E-state index contributed by atoms with van der Waals surface area (Å²) in [6.45, 7) is 2.18. The molecule has 0 aliphatic heterocycles. The third-order valence-electron chi connectivity index (χ3n) is 2.43. The van der Waals surface area contributed by atoms with E-state index in [0.29, 0.717) is 13.0 Å². The van der Waals surface area contributed by atoms with Gasteiger partial charge in [-0.15, -0.1) is 9.24 Å². The zero-order valence-electron chi connectivity index (χ0n) is 10.1. The zero-order valence-corrected chi connectivity index (χ0v) is 11.3. The Morgan fingerprint density at radius 1 is 1.59 bits per heavy atom. The van der Waals surface area contributed by atoms with Crippen LogP contribution in [0.5, 0.6) is 0 Å².